The lowest BCUT2D eigenvalue weighted by Gasteiger charge is -2.20. The molecule has 5 heteroatoms. The summed E-state index contributed by atoms with van der Waals surface area (Å²) in [5.41, 5.74) is 11.1. The second-order valence-electron chi connectivity index (χ2n) is 4.23. The lowest BCUT2D eigenvalue weighted by Crippen LogP contribution is -2.25. The van der Waals surface area contributed by atoms with E-state index in [9.17, 15) is 0 Å². The highest BCUT2D eigenvalue weighted by Gasteiger charge is 2.20. The predicted octanol–water partition coefficient (Wildman–Crippen LogP) is 2.52. The Bertz CT molecular complexity index is 475. The van der Waals surface area contributed by atoms with Crippen LogP contribution in [0.2, 0.25) is 0 Å². The fourth-order valence-electron chi connectivity index (χ4n) is 1.97. The highest BCUT2D eigenvalue weighted by Crippen LogP contribution is 2.28. The van der Waals surface area contributed by atoms with Gasteiger partial charge in [-0.2, -0.15) is 0 Å². The van der Waals surface area contributed by atoms with E-state index in [0.29, 0.717) is 5.82 Å². The fourth-order valence-corrected chi connectivity index (χ4v) is 2.55. The van der Waals surface area contributed by atoms with Crippen LogP contribution in [0.3, 0.4) is 0 Å². The molecule has 1 atom stereocenters. The van der Waals surface area contributed by atoms with Crippen LogP contribution in [0.25, 0.3) is 0 Å². The molecule has 0 bridgehead atoms. The summed E-state index contributed by atoms with van der Waals surface area (Å²) < 4.78 is 0. The van der Waals surface area contributed by atoms with E-state index < -0.39 is 0 Å². The van der Waals surface area contributed by atoms with Crippen molar-refractivity contribution in [3.63, 3.8) is 0 Å². The summed E-state index contributed by atoms with van der Waals surface area (Å²) in [6.45, 7) is 5.13. The second-order valence-corrected chi connectivity index (χ2v) is 4.95. The average molecular weight is 262 g/mol. The van der Waals surface area contributed by atoms with Gasteiger partial charge in [-0.15, -0.1) is 11.3 Å². The number of hydrogen-bond acceptors (Lipinski definition) is 5. The van der Waals surface area contributed by atoms with Crippen LogP contribution in [-0.4, -0.2) is 16.5 Å². The van der Waals surface area contributed by atoms with Crippen molar-refractivity contribution < 1.29 is 0 Å². The summed E-state index contributed by atoms with van der Waals surface area (Å²) in [7, 11) is 0. The van der Waals surface area contributed by atoms with E-state index in [1.807, 2.05) is 11.6 Å². The summed E-state index contributed by atoms with van der Waals surface area (Å²) in [5.74, 6) is 0.580. The summed E-state index contributed by atoms with van der Waals surface area (Å²) in [6.07, 6.45) is 2.81. The number of hydrogen-bond donors (Lipinski definition) is 2. The van der Waals surface area contributed by atoms with Crippen LogP contribution in [0.1, 0.15) is 36.2 Å². The molecule has 0 radical (unpaired) electrons. The van der Waals surface area contributed by atoms with E-state index in [1.165, 1.54) is 0 Å². The maximum Gasteiger partial charge on any atom is 0.128 e. The number of aromatic nitrogens is 2. The molecule has 2 rings (SSSR count). The number of thiazole rings is 1. The summed E-state index contributed by atoms with van der Waals surface area (Å²) in [5, 5.41) is 5.55. The first-order valence-electron chi connectivity index (χ1n) is 6.06. The Hall–Kier alpha value is -1.46. The van der Waals surface area contributed by atoms with Gasteiger partial charge in [0.1, 0.15) is 5.82 Å². The molecule has 2 aromatic rings. The average Bonchev–Trinajstić information content (AvgIpc) is 2.86. The Morgan fingerprint density at radius 1 is 1.44 bits per heavy atom. The van der Waals surface area contributed by atoms with Gasteiger partial charge >= 0.3 is 0 Å². The molecule has 0 aliphatic carbocycles. The molecular weight excluding hydrogens is 244 g/mol. The fraction of sp³-hybridized carbons (Fsp3) is 0.385. The molecule has 96 valence electrons. The highest BCUT2D eigenvalue weighted by atomic mass is 32.1. The summed E-state index contributed by atoms with van der Waals surface area (Å²) >= 11 is 1.60. The highest BCUT2D eigenvalue weighted by molar-refractivity contribution is 7.07. The quantitative estimate of drug-likeness (QED) is 0.869. The van der Waals surface area contributed by atoms with Crippen LogP contribution in [0.15, 0.2) is 23.2 Å². The standard InChI is InChI=1S/C13H18N4S/c1-3-5-15-12(10-7-18-8-17-10)11-9(2)4-6-16-13(11)14/h4,6-8,12,15H,3,5H2,1-2H3,(H2,14,16). The first kappa shape index (κ1) is 13.0. The van der Waals surface area contributed by atoms with Crippen LogP contribution in [0.4, 0.5) is 5.82 Å². The maximum absolute atomic E-state index is 6.02. The number of nitrogen functional groups attached to an aromatic ring is 1. The van der Waals surface area contributed by atoms with E-state index >= 15 is 0 Å². The molecule has 0 spiro atoms. The van der Waals surface area contributed by atoms with Gasteiger partial charge in [0.2, 0.25) is 0 Å². The molecule has 0 saturated heterocycles. The third-order valence-corrected chi connectivity index (χ3v) is 3.48. The first-order valence-corrected chi connectivity index (χ1v) is 7.00. The number of nitrogens with zero attached hydrogens (tertiary/aromatic N) is 2. The molecule has 0 fully saturated rings. The van der Waals surface area contributed by atoms with Gasteiger partial charge in [-0.3, -0.25) is 0 Å². The Kier molecular flexibility index (Phi) is 4.28. The van der Waals surface area contributed by atoms with Crippen molar-refractivity contribution in [2.24, 2.45) is 0 Å². The molecule has 0 saturated carbocycles. The Balaban J connectivity index is 2.40. The second kappa shape index (κ2) is 5.93. The number of rotatable bonds is 5. The van der Waals surface area contributed by atoms with E-state index in [0.717, 1.165) is 29.8 Å². The molecule has 1 unspecified atom stereocenters. The number of pyridine rings is 1. The number of nitrogens with one attached hydrogen (secondary N) is 1. The largest absolute Gasteiger partial charge is 0.383 e. The third-order valence-electron chi connectivity index (χ3n) is 2.87. The van der Waals surface area contributed by atoms with Crippen molar-refractivity contribution in [1.82, 2.24) is 15.3 Å². The van der Waals surface area contributed by atoms with Crippen molar-refractivity contribution >= 4 is 17.2 Å². The van der Waals surface area contributed by atoms with Crippen LogP contribution in [0, 0.1) is 6.92 Å². The molecule has 0 aliphatic rings. The van der Waals surface area contributed by atoms with Gasteiger partial charge in [0.05, 0.1) is 17.2 Å². The Morgan fingerprint density at radius 3 is 2.89 bits per heavy atom. The van der Waals surface area contributed by atoms with E-state index in [4.69, 9.17) is 5.73 Å². The molecule has 4 nitrogen and oxygen atoms in total. The lowest BCUT2D eigenvalue weighted by molar-refractivity contribution is 0.586. The minimum absolute atomic E-state index is 0.0323. The Labute approximate surface area is 111 Å². The van der Waals surface area contributed by atoms with E-state index in [2.05, 4.69) is 34.5 Å². The van der Waals surface area contributed by atoms with Gasteiger partial charge in [-0.1, -0.05) is 6.92 Å². The third kappa shape index (κ3) is 2.68. The van der Waals surface area contributed by atoms with Gasteiger partial charge < -0.3 is 11.1 Å². The topological polar surface area (TPSA) is 63.8 Å². The van der Waals surface area contributed by atoms with E-state index in [1.54, 1.807) is 17.5 Å². The molecular formula is C13H18N4S. The van der Waals surface area contributed by atoms with Crippen LogP contribution >= 0.6 is 11.3 Å². The number of nitrogens with two attached hydrogens (primary N) is 1. The SMILES string of the molecule is CCCNC(c1cscn1)c1c(C)ccnc1N. The van der Waals surface area contributed by atoms with Crippen LogP contribution in [-0.2, 0) is 0 Å². The summed E-state index contributed by atoms with van der Waals surface area (Å²) in [6, 6.07) is 2.02. The minimum atomic E-state index is 0.0323. The van der Waals surface area contributed by atoms with Crippen molar-refractivity contribution in [1.29, 1.82) is 0 Å². The normalized spacial score (nSPS) is 12.6. The zero-order chi connectivity index (χ0) is 13.0. The monoisotopic (exact) mass is 262 g/mol. The molecule has 18 heavy (non-hydrogen) atoms. The number of aryl methyl sites for hydroxylation is 1. The van der Waals surface area contributed by atoms with Gasteiger partial charge in [0.15, 0.2) is 0 Å². The van der Waals surface area contributed by atoms with Crippen molar-refractivity contribution in [2.75, 3.05) is 12.3 Å². The maximum atomic E-state index is 6.02. The van der Waals surface area contributed by atoms with E-state index in [-0.39, 0.29) is 6.04 Å². The number of anilines is 1. The molecule has 3 N–H and O–H groups in total. The Morgan fingerprint density at radius 2 is 2.28 bits per heavy atom. The molecule has 0 aromatic carbocycles. The van der Waals surface area contributed by atoms with Gasteiger partial charge in [0, 0.05) is 17.1 Å². The van der Waals surface area contributed by atoms with Crippen molar-refractivity contribution in [2.45, 2.75) is 26.3 Å². The van der Waals surface area contributed by atoms with Crippen molar-refractivity contribution in [3.05, 3.63) is 40.0 Å². The molecule has 2 heterocycles. The van der Waals surface area contributed by atoms with Crippen molar-refractivity contribution in [3.8, 4) is 0 Å². The lowest BCUT2D eigenvalue weighted by atomic mass is 10.00. The van der Waals surface area contributed by atoms with Gasteiger partial charge in [0.25, 0.3) is 0 Å². The zero-order valence-corrected chi connectivity index (χ0v) is 11.5. The minimum Gasteiger partial charge on any atom is -0.383 e. The molecule has 0 amide bonds. The van der Waals surface area contributed by atoms with Crippen LogP contribution < -0.4 is 11.1 Å². The zero-order valence-electron chi connectivity index (χ0n) is 10.7. The molecule has 0 aliphatic heterocycles. The molecule has 2 aromatic heterocycles. The van der Waals surface area contributed by atoms with Crippen LogP contribution in [0.5, 0.6) is 0 Å². The van der Waals surface area contributed by atoms with Gasteiger partial charge in [-0.25, -0.2) is 9.97 Å². The van der Waals surface area contributed by atoms with Gasteiger partial charge in [-0.05, 0) is 31.5 Å². The predicted molar refractivity (Wildman–Crippen MR) is 75.6 cm³/mol. The first-order chi connectivity index (χ1) is 8.74. The smallest absolute Gasteiger partial charge is 0.128 e. The summed E-state index contributed by atoms with van der Waals surface area (Å²) in [4.78, 5) is 8.59.